The SMILES string of the molecule is CC(C)(C)c1cc(-c2ccccc2)ccc1-n1c(-c2[c-]ccc3c2oc2nc(CC4CCCC4)ccc23)nc2ccc3ccccc3c21.CC(C)c1cc(-c2[c-]cccc2)ncc1[Si](C)(C)C.[Ir]. The van der Waals surface area contributed by atoms with Crippen molar-refractivity contribution in [1.82, 2.24) is 19.5 Å². The number of aromatic nitrogens is 4. The molecular formula is C61H60IrN4OSi-2. The van der Waals surface area contributed by atoms with E-state index in [2.05, 4.69) is 197 Å². The standard InChI is InChI=1S/C44H38N3O.C17H22NSi.Ir/c1-44(2,3)37-27-31(29-14-5-4-6-15-29)21-25-39(37)47-40-33-17-10-9-16-30(33)20-24-38(40)46-42(47)36-19-11-18-34-35-23-22-32(26-28-12-7-8-13-28)45-43(35)48-41(34)36;1-13(2)15-11-16(14-9-7-6-8-10-14)18-12-17(15)19(3,4)5;/h4-6,9-11,14-18,20-25,27-28H,7-8,12-13,26H2,1-3H3;6-9,11-13H,1-5H3;/q2*-1;. The quantitative estimate of drug-likeness (QED) is 0.112. The number of hydrogen-bond donors (Lipinski definition) is 0. The summed E-state index contributed by atoms with van der Waals surface area (Å²) in [5.41, 5.74) is 13.6. The van der Waals surface area contributed by atoms with Crippen LogP contribution in [0.15, 0.2) is 150 Å². The maximum atomic E-state index is 6.70. The topological polar surface area (TPSA) is 56.7 Å². The molecule has 1 fully saturated rings. The number of benzene rings is 6. The van der Waals surface area contributed by atoms with E-state index in [0.29, 0.717) is 11.6 Å². The third-order valence-corrected chi connectivity index (χ3v) is 15.6. The Balaban J connectivity index is 0.000000244. The van der Waals surface area contributed by atoms with Gasteiger partial charge in [0.1, 0.15) is 0 Å². The van der Waals surface area contributed by atoms with Crippen molar-refractivity contribution in [1.29, 1.82) is 0 Å². The van der Waals surface area contributed by atoms with E-state index in [9.17, 15) is 0 Å². The second-order valence-electron chi connectivity index (χ2n) is 20.8. The molecule has 0 N–H and O–H groups in total. The van der Waals surface area contributed by atoms with Crippen molar-refractivity contribution in [2.24, 2.45) is 5.92 Å². The van der Waals surface area contributed by atoms with Crippen molar-refractivity contribution in [3.63, 3.8) is 0 Å². The second kappa shape index (κ2) is 19.2. The van der Waals surface area contributed by atoms with Gasteiger partial charge in [0, 0.05) is 48.5 Å². The van der Waals surface area contributed by atoms with Crippen molar-refractivity contribution >= 4 is 57.1 Å². The van der Waals surface area contributed by atoms with Crippen LogP contribution < -0.4 is 5.19 Å². The maximum Gasteiger partial charge on any atom is 0.216 e. The molecule has 4 aromatic heterocycles. The Bertz CT molecular complexity index is 3390. The van der Waals surface area contributed by atoms with Crippen LogP contribution in [0, 0.1) is 18.1 Å². The number of nitrogens with zero attached hydrogens (tertiary/aromatic N) is 4. The third kappa shape index (κ3) is 9.29. The van der Waals surface area contributed by atoms with Crippen molar-refractivity contribution in [2.75, 3.05) is 0 Å². The Hall–Kier alpha value is -5.98. The van der Waals surface area contributed by atoms with Crippen LogP contribution in [0.2, 0.25) is 19.6 Å². The van der Waals surface area contributed by atoms with Crippen molar-refractivity contribution in [2.45, 2.75) is 97.7 Å². The summed E-state index contributed by atoms with van der Waals surface area (Å²) in [7, 11) is -1.34. The minimum absolute atomic E-state index is 0. The average Bonchev–Trinajstić information content (AvgIpc) is 4.09. The molecule has 0 saturated heterocycles. The molecule has 1 saturated carbocycles. The third-order valence-electron chi connectivity index (χ3n) is 13.6. The Morgan fingerprint density at radius 2 is 1.50 bits per heavy atom. The fourth-order valence-electron chi connectivity index (χ4n) is 10.1. The predicted octanol–water partition coefficient (Wildman–Crippen LogP) is 15.9. The van der Waals surface area contributed by atoms with E-state index in [1.54, 1.807) is 0 Å². The maximum absolute atomic E-state index is 6.70. The first kappa shape index (κ1) is 47.1. The summed E-state index contributed by atoms with van der Waals surface area (Å²) in [5.74, 6) is 2.07. The predicted molar refractivity (Wildman–Crippen MR) is 283 cm³/mol. The van der Waals surface area contributed by atoms with Gasteiger partial charge in [0.2, 0.25) is 5.71 Å². The number of hydrogen-bond acceptors (Lipinski definition) is 4. The summed E-state index contributed by atoms with van der Waals surface area (Å²) >= 11 is 0. The molecule has 7 heteroatoms. The summed E-state index contributed by atoms with van der Waals surface area (Å²) in [4.78, 5) is 15.1. The van der Waals surface area contributed by atoms with Crippen LogP contribution in [0.3, 0.4) is 0 Å². The summed E-state index contributed by atoms with van der Waals surface area (Å²) in [6, 6.07) is 56.0. The van der Waals surface area contributed by atoms with Crippen LogP contribution in [0.1, 0.15) is 83.0 Å². The van der Waals surface area contributed by atoms with Gasteiger partial charge < -0.3 is 14.0 Å². The van der Waals surface area contributed by atoms with Gasteiger partial charge >= 0.3 is 0 Å². The van der Waals surface area contributed by atoms with Crippen LogP contribution in [0.5, 0.6) is 0 Å². The van der Waals surface area contributed by atoms with Crippen LogP contribution in [-0.2, 0) is 31.9 Å². The molecule has 1 radical (unpaired) electrons. The molecular weight excluding hydrogens is 1030 g/mol. The Kier molecular flexibility index (Phi) is 13.3. The number of fused-ring (bicyclic) bond motifs is 6. The van der Waals surface area contributed by atoms with Gasteiger partial charge in [-0.25, -0.2) is 4.98 Å². The normalized spacial score (nSPS) is 13.4. The van der Waals surface area contributed by atoms with Crippen molar-refractivity contribution < 1.29 is 24.5 Å². The van der Waals surface area contributed by atoms with Gasteiger partial charge in [0.15, 0.2) is 0 Å². The van der Waals surface area contributed by atoms with Crippen molar-refractivity contribution in [3.05, 3.63) is 175 Å². The molecule has 10 aromatic rings. The molecule has 0 aliphatic heterocycles. The number of furan rings is 1. The van der Waals surface area contributed by atoms with Gasteiger partial charge in [-0.05, 0) is 87.0 Å². The zero-order valence-electron chi connectivity index (χ0n) is 40.6. The number of pyridine rings is 2. The molecule has 0 unspecified atom stereocenters. The smallest absolute Gasteiger partial charge is 0.216 e. The van der Waals surface area contributed by atoms with E-state index >= 15 is 0 Å². The molecule has 4 heterocycles. The van der Waals surface area contributed by atoms with Crippen LogP contribution >= 0.6 is 0 Å². The monoisotopic (exact) mass is 1090 g/mol. The Labute approximate surface area is 416 Å². The molecule has 6 aromatic carbocycles. The van der Waals surface area contributed by atoms with Crippen LogP contribution in [0.25, 0.3) is 83.3 Å². The van der Waals surface area contributed by atoms with E-state index in [1.165, 1.54) is 58.5 Å². The summed E-state index contributed by atoms with van der Waals surface area (Å²) in [6.07, 6.45) is 8.37. The molecule has 0 spiro atoms. The zero-order valence-corrected chi connectivity index (χ0v) is 44.0. The molecule has 68 heavy (non-hydrogen) atoms. The summed E-state index contributed by atoms with van der Waals surface area (Å²) in [6.45, 7) is 18.5. The number of imidazole rings is 1. The minimum atomic E-state index is -1.34. The minimum Gasteiger partial charge on any atom is -0.486 e. The zero-order chi connectivity index (χ0) is 46.5. The van der Waals surface area contributed by atoms with Crippen molar-refractivity contribution in [3.8, 4) is 39.5 Å². The van der Waals surface area contributed by atoms with E-state index in [0.717, 1.165) is 79.1 Å². The average molecular weight is 1090 g/mol. The van der Waals surface area contributed by atoms with Gasteiger partial charge in [-0.3, -0.25) is 4.98 Å². The molecule has 0 amide bonds. The summed E-state index contributed by atoms with van der Waals surface area (Å²) < 4.78 is 9.05. The second-order valence-corrected chi connectivity index (χ2v) is 25.9. The first-order valence-corrected chi connectivity index (χ1v) is 27.6. The van der Waals surface area contributed by atoms with Gasteiger partial charge in [-0.2, -0.15) is 0 Å². The molecule has 0 bridgehead atoms. The molecule has 5 nitrogen and oxygen atoms in total. The Morgan fingerprint density at radius 3 is 2.24 bits per heavy atom. The molecule has 11 rings (SSSR count). The van der Waals surface area contributed by atoms with E-state index in [4.69, 9.17) is 14.4 Å². The van der Waals surface area contributed by atoms with Gasteiger partial charge in [0.25, 0.3) is 0 Å². The van der Waals surface area contributed by atoms with E-state index in [-0.39, 0.29) is 25.5 Å². The van der Waals surface area contributed by atoms with E-state index in [1.807, 2.05) is 24.3 Å². The number of rotatable bonds is 8. The van der Waals surface area contributed by atoms with Gasteiger partial charge in [0.05, 0.1) is 30.5 Å². The molecule has 1 aliphatic carbocycles. The fraction of sp³-hybridized carbons (Fsp3) is 0.262. The molecule has 1 aliphatic rings. The molecule has 0 atom stereocenters. The first-order valence-electron chi connectivity index (χ1n) is 24.1. The largest absolute Gasteiger partial charge is 0.486 e. The molecule has 345 valence electrons. The van der Waals surface area contributed by atoms with Gasteiger partial charge in [-0.15, -0.1) is 54.1 Å². The van der Waals surface area contributed by atoms with Gasteiger partial charge in [-0.1, -0.05) is 169 Å². The van der Waals surface area contributed by atoms with Crippen LogP contribution in [0.4, 0.5) is 0 Å². The van der Waals surface area contributed by atoms with Crippen LogP contribution in [-0.4, -0.2) is 27.6 Å². The summed E-state index contributed by atoms with van der Waals surface area (Å²) in [5, 5.41) is 5.89. The Morgan fingerprint density at radius 1 is 0.735 bits per heavy atom. The van der Waals surface area contributed by atoms with E-state index < -0.39 is 8.07 Å². The fourth-order valence-corrected chi connectivity index (χ4v) is 11.8. The first-order chi connectivity index (χ1) is 32.3.